The van der Waals surface area contributed by atoms with Gasteiger partial charge in [-0.25, -0.2) is 4.79 Å². The van der Waals surface area contributed by atoms with Gasteiger partial charge in [-0.15, -0.1) is 0 Å². The molecule has 2 saturated carbocycles. The van der Waals surface area contributed by atoms with Crippen molar-refractivity contribution in [1.29, 1.82) is 0 Å². The van der Waals surface area contributed by atoms with E-state index in [4.69, 9.17) is 14.2 Å². The first-order valence-corrected chi connectivity index (χ1v) is 12.3. The maximum Gasteiger partial charge on any atom is 0.333 e. The molecule has 6 rings (SSSR count). The maximum atomic E-state index is 14.0. The van der Waals surface area contributed by atoms with Crippen molar-refractivity contribution in [3.05, 3.63) is 82.9 Å². The minimum Gasteiger partial charge on any atom is -0.458 e. The molecule has 2 bridgehead atoms. The van der Waals surface area contributed by atoms with Gasteiger partial charge in [-0.05, 0) is 44.2 Å². The molecular formula is C29H28O6. The van der Waals surface area contributed by atoms with Gasteiger partial charge < -0.3 is 14.2 Å². The van der Waals surface area contributed by atoms with Gasteiger partial charge in [-0.2, -0.15) is 0 Å². The summed E-state index contributed by atoms with van der Waals surface area (Å²) in [7, 11) is 0. The summed E-state index contributed by atoms with van der Waals surface area (Å²) in [5.74, 6) is -3.11. The van der Waals surface area contributed by atoms with Crippen LogP contribution in [0.15, 0.2) is 60.7 Å². The van der Waals surface area contributed by atoms with E-state index in [1.54, 1.807) is 6.92 Å². The van der Waals surface area contributed by atoms with Gasteiger partial charge in [0.2, 0.25) is 0 Å². The molecule has 2 aromatic rings. The van der Waals surface area contributed by atoms with Crippen LogP contribution in [0.3, 0.4) is 0 Å². The van der Waals surface area contributed by atoms with Crippen LogP contribution in [0.1, 0.15) is 42.5 Å². The van der Waals surface area contributed by atoms with Crippen molar-refractivity contribution >= 4 is 17.9 Å². The smallest absolute Gasteiger partial charge is 0.333 e. The van der Waals surface area contributed by atoms with Crippen LogP contribution >= 0.6 is 0 Å². The molecule has 2 aromatic carbocycles. The third-order valence-corrected chi connectivity index (χ3v) is 8.44. The molecule has 0 aromatic heterocycles. The lowest BCUT2D eigenvalue weighted by Gasteiger charge is -2.36. The number of carbonyl (C=O) groups is 3. The van der Waals surface area contributed by atoms with Crippen molar-refractivity contribution in [2.45, 2.75) is 50.9 Å². The Balaban J connectivity index is 1.37. The highest BCUT2D eigenvalue weighted by molar-refractivity contribution is 5.89. The Hall–Kier alpha value is -3.41. The van der Waals surface area contributed by atoms with Gasteiger partial charge in [0.25, 0.3) is 0 Å². The molecule has 180 valence electrons. The van der Waals surface area contributed by atoms with Crippen molar-refractivity contribution in [1.82, 2.24) is 0 Å². The van der Waals surface area contributed by atoms with E-state index in [1.165, 1.54) is 0 Å². The number of rotatable bonds is 4. The monoisotopic (exact) mass is 472 g/mol. The summed E-state index contributed by atoms with van der Waals surface area (Å²) in [5, 5.41) is 0. The molecule has 0 N–H and O–H groups in total. The quantitative estimate of drug-likeness (QED) is 0.382. The largest absolute Gasteiger partial charge is 0.458 e. The second-order valence-electron chi connectivity index (χ2n) is 10.4. The average molecular weight is 473 g/mol. The molecule has 35 heavy (non-hydrogen) atoms. The van der Waals surface area contributed by atoms with Gasteiger partial charge in [0.1, 0.15) is 12.2 Å². The van der Waals surface area contributed by atoms with Crippen molar-refractivity contribution in [2.75, 3.05) is 0 Å². The molecule has 1 aliphatic heterocycles. The van der Waals surface area contributed by atoms with Gasteiger partial charge in [0.15, 0.2) is 5.60 Å². The predicted octanol–water partition coefficient (Wildman–Crippen LogP) is 3.89. The minimum atomic E-state index is -1.01. The first kappa shape index (κ1) is 22.1. The van der Waals surface area contributed by atoms with Crippen LogP contribution in [-0.2, 0) is 47.0 Å². The van der Waals surface area contributed by atoms with E-state index in [-0.39, 0.29) is 17.4 Å². The number of hydrogen-bond donors (Lipinski definition) is 0. The Morgan fingerprint density at radius 2 is 1.60 bits per heavy atom. The van der Waals surface area contributed by atoms with Gasteiger partial charge in [0, 0.05) is 28.5 Å². The molecule has 3 fully saturated rings. The molecule has 6 unspecified atom stereocenters. The molecule has 1 heterocycles. The lowest BCUT2D eigenvalue weighted by atomic mass is 9.78. The molecule has 4 aliphatic rings. The second kappa shape index (κ2) is 7.80. The van der Waals surface area contributed by atoms with E-state index in [2.05, 4.69) is 18.7 Å². The SMILES string of the molecule is C=C(C)C(=O)OC1C2CC3C1OC(=O)C3C2C(=O)OC1(C)c2ccccc2CCc2ccccc21. The van der Waals surface area contributed by atoms with Crippen molar-refractivity contribution < 1.29 is 28.6 Å². The van der Waals surface area contributed by atoms with Gasteiger partial charge >= 0.3 is 17.9 Å². The number of aryl methyl sites for hydroxylation is 2. The average Bonchev–Trinajstić information content (AvgIpc) is 3.43. The zero-order valence-corrected chi connectivity index (χ0v) is 19.9. The Bertz CT molecular complexity index is 1210. The van der Waals surface area contributed by atoms with Crippen LogP contribution in [0.4, 0.5) is 0 Å². The summed E-state index contributed by atoms with van der Waals surface area (Å²) in [5.41, 5.74) is 3.46. The topological polar surface area (TPSA) is 78.9 Å². The third kappa shape index (κ3) is 3.19. The minimum absolute atomic E-state index is 0.144. The highest BCUT2D eigenvalue weighted by Gasteiger charge is 2.70. The van der Waals surface area contributed by atoms with Crippen LogP contribution in [0.2, 0.25) is 0 Å². The molecule has 3 aliphatic carbocycles. The summed E-state index contributed by atoms with van der Waals surface area (Å²) in [6.07, 6.45) is 1.14. The van der Waals surface area contributed by atoms with E-state index in [0.29, 0.717) is 6.42 Å². The Morgan fingerprint density at radius 3 is 2.20 bits per heavy atom. The van der Waals surface area contributed by atoms with Gasteiger partial charge in [-0.3, -0.25) is 9.59 Å². The number of benzene rings is 2. The Morgan fingerprint density at radius 1 is 1.00 bits per heavy atom. The number of ether oxygens (including phenoxy) is 3. The number of esters is 3. The first-order valence-electron chi connectivity index (χ1n) is 12.3. The van der Waals surface area contributed by atoms with Crippen LogP contribution in [0, 0.1) is 23.7 Å². The van der Waals surface area contributed by atoms with Crippen LogP contribution in [0.5, 0.6) is 0 Å². The molecule has 6 nitrogen and oxygen atoms in total. The highest BCUT2D eigenvalue weighted by Crippen LogP contribution is 2.59. The fourth-order valence-electron chi connectivity index (χ4n) is 6.89. The van der Waals surface area contributed by atoms with Crippen molar-refractivity contribution in [3.63, 3.8) is 0 Å². The predicted molar refractivity (Wildman–Crippen MR) is 126 cm³/mol. The summed E-state index contributed by atoms with van der Waals surface area (Å²) in [4.78, 5) is 39.1. The van der Waals surface area contributed by atoms with Gasteiger partial charge in [0.05, 0.1) is 11.8 Å². The zero-order chi connectivity index (χ0) is 24.5. The van der Waals surface area contributed by atoms with E-state index in [0.717, 1.165) is 35.1 Å². The second-order valence-corrected chi connectivity index (χ2v) is 10.4. The van der Waals surface area contributed by atoms with Gasteiger partial charge in [-0.1, -0.05) is 55.1 Å². The maximum absolute atomic E-state index is 14.0. The third-order valence-electron chi connectivity index (χ3n) is 8.44. The molecule has 0 amide bonds. The molecule has 0 radical (unpaired) electrons. The summed E-state index contributed by atoms with van der Waals surface area (Å²) in [6, 6.07) is 16.1. The van der Waals surface area contributed by atoms with E-state index < -0.39 is 47.6 Å². The van der Waals surface area contributed by atoms with Crippen LogP contribution in [0.25, 0.3) is 0 Å². The number of carbonyl (C=O) groups excluding carboxylic acids is 3. The molecular weight excluding hydrogens is 444 g/mol. The normalized spacial score (nSPS) is 31.1. The first-order chi connectivity index (χ1) is 16.8. The lowest BCUT2D eigenvalue weighted by Crippen LogP contribution is -2.45. The Labute approximate surface area is 204 Å². The van der Waals surface area contributed by atoms with Crippen LogP contribution < -0.4 is 0 Å². The van der Waals surface area contributed by atoms with E-state index in [9.17, 15) is 14.4 Å². The Kier molecular flexibility index (Phi) is 4.92. The fraction of sp³-hybridized carbons (Fsp3) is 0.414. The lowest BCUT2D eigenvalue weighted by molar-refractivity contribution is -0.170. The highest BCUT2D eigenvalue weighted by atomic mass is 16.6. The van der Waals surface area contributed by atoms with Crippen molar-refractivity contribution in [2.24, 2.45) is 23.7 Å². The molecule has 6 heteroatoms. The summed E-state index contributed by atoms with van der Waals surface area (Å²) >= 11 is 0. The molecule has 0 spiro atoms. The van der Waals surface area contributed by atoms with Crippen molar-refractivity contribution in [3.8, 4) is 0 Å². The zero-order valence-electron chi connectivity index (χ0n) is 19.9. The number of hydrogen-bond acceptors (Lipinski definition) is 6. The fourth-order valence-corrected chi connectivity index (χ4v) is 6.89. The summed E-state index contributed by atoms with van der Waals surface area (Å²) < 4.78 is 17.7. The van der Waals surface area contributed by atoms with Crippen LogP contribution in [-0.4, -0.2) is 30.1 Å². The number of fused-ring (bicyclic) bond motifs is 3. The standard InChI is InChI=1S/C29H28O6/c1-15(2)26(30)33-24-19-14-18-22(27(31)34-25(18)24)23(19)28(32)35-29(3)20-10-6-4-8-16(20)12-13-17-9-5-7-11-21(17)29/h4-11,18-19,22-25H,1,12-14H2,2-3H3. The summed E-state index contributed by atoms with van der Waals surface area (Å²) in [6.45, 7) is 7.17. The molecule has 1 saturated heterocycles. The van der Waals surface area contributed by atoms with E-state index >= 15 is 0 Å². The van der Waals surface area contributed by atoms with E-state index in [1.807, 2.05) is 43.3 Å². The molecule has 6 atom stereocenters.